The number of carbonyl (C=O) groups is 2. The van der Waals surface area contributed by atoms with Crippen molar-refractivity contribution >= 4 is 23.4 Å². The summed E-state index contributed by atoms with van der Waals surface area (Å²) < 4.78 is 4.92. The highest BCUT2D eigenvalue weighted by atomic mass is 16.5. The third-order valence-corrected chi connectivity index (χ3v) is 3.00. The zero-order chi connectivity index (χ0) is 15.9. The van der Waals surface area contributed by atoms with Crippen molar-refractivity contribution in [2.45, 2.75) is 6.61 Å². The van der Waals surface area contributed by atoms with Gasteiger partial charge in [0.05, 0.1) is 11.4 Å². The lowest BCUT2D eigenvalue weighted by Gasteiger charge is -2.08. The Labute approximate surface area is 128 Å². The Kier molecular flexibility index (Phi) is 4.98. The van der Waals surface area contributed by atoms with Crippen LogP contribution in [0, 0.1) is 0 Å². The normalized spacial score (nSPS) is 9.86. The second-order valence-corrected chi connectivity index (χ2v) is 4.56. The number of amides is 2. The molecule has 0 aromatic heterocycles. The molecule has 0 radical (unpaired) electrons. The fourth-order valence-corrected chi connectivity index (χ4v) is 1.78. The number of nitrogens with two attached hydrogens (primary N) is 1. The molecule has 0 saturated carbocycles. The standard InChI is InChI=1S/C16H17N3O3/c1-18-16(21)22-10-11-6-8-12(9-7-11)15(20)19-14-5-3-2-4-13(14)17/h2-9H,10,17H2,1H3,(H,18,21)(H,19,20). The molecule has 0 aliphatic rings. The van der Waals surface area contributed by atoms with Gasteiger partial charge in [-0.2, -0.15) is 0 Å². The molecule has 114 valence electrons. The maximum Gasteiger partial charge on any atom is 0.407 e. The number of para-hydroxylation sites is 2. The van der Waals surface area contributed by atoms with E-state index in [0.717, 1.165) is 5.56 Å². The Morgan fingerprint density at radius 1 is 1.09 bits per heavy atom. The molecule has 0 spiro atoms. The van der Waals surface area contributed by atoms with Crippen molar-refractivity contribution < 1.29 is 14.3 Å². The van der Waals surface area contributed by atoms with Crippen molar-refractivity contribution in [3.05, 3.63) is 59.7 Å². The molecule has 2 aromatic rings. The number of hydrogen-bond acceptors (Lipinski definition) is 4. The lowest BCUT2D eigenvalue weighted by molar-refractivity contribution is 0.102. The van der Waals surface area contributed by atoms with Gasteiger partial charge in [0, 0.05) is 12.6 Å². The number of anilines is 2. The van der Waals surface area contributed by atoms with Gasteiger partial charge in [0.1, 0.15) is 6.61 Å². The van der Waals surface area contributed by atoms with Crippen LogP contribution in [0.2, 0.25) is 0 Å². The van der Waals surface area contributed by atoms with Gasteiger partial charge in [0.2, 0.25) is 0 Å². The van der Waals surface area contributed by atoms with Crippen molar-refractivity contribution in [1.29, 1.82) is 0 Å². The highest BCUT2D eigenvalue weighted by Gasteiger charge is 2.08. The summed E-state index contributed by atoms with van der Waals surface area (Å²) in [5, 5.41) is 5.11. The van der Waals surface area contributed by atoms with E-state index in [0.29, 0.717) is 16.9 Å². The first-order chi connectivity index (χ1) is 10.6. The molecule has 0 unspecified atom stereocenters. The highest BCUT2D eigenvalue weighted by Crippen LogP contribution is 2.18. The lowest BCUT2D eigenvalue weighted by atomic mass is 10.1. The van der Waals surface area contributed by atoms with Gasteiger partial charge in [-0.05, 0) is 29.8 Å². The molecule has 2 rings (SSSR count). The smallest absolute Gasteiger partial charge is 0.407 e. The van der Waals surface area contributed by atoms with Crippen LogP contribution in [0.1, 0.15) is 15.9 Å². The second-order valence-electron chi connectivity index (χ2n) is 4.56. The third kappa shape index (κ3) is 3.99. The minimum Gasteiger partial charge on any atom is -0.445 e. The first kappa shape index (κ1) is 15.4. The predicted molar refractivity (Wildman–Crippen MR) is 84.5 cm³/mol. The Hall–Kier alpha value is -3.02. The van der Waals surface area contributed by atoms with Gasteiger partial charge in [-0.25, -0.2) is 4.79 Å². The molecular weight excluding hydrogens is 282 g/mol. The molecule has 6 heteroatoms. The van der Waals surface area contributed by atoms with Crippen LogP contribution in [-0.4, -0.2) is 19.0 Å². The van der Waals surface area contributed by atoms with Crippen molar-refractivity contribution in [3.8, 4) is 0 Å². The van der Waals surface area contributed by atoms with Crippen LogP contribution in [0.4, 0.5) is 16.2 Å². The number of nitrogens with one attached hydrogen (secondary N) is 2. The fraction of sp³-hybridized carbons (Fsp3) is 0.125. The quantitative estimate of drug-likeness (QED) is 0.756. The van der Waals surface area contributed by atoms with Gasteiger partial charge < -0.3 is 21.1 Å². The van der Waals surface area contributed by atoms with Gasteiger partial charge >= 0.3 is 6.09 Å². The van der Waals surface area contributed by atoms with Crippen LogP contribution in [0.15, 0.2) is 48.5 Å². The number of benzene rings is 2. The molecule has 0 aliphatic heterocycles. The SMILES string of the molecule is CNC(=O)OCc1ccc(C(=O)Nc2ccccc2N)cc1. The van der Waals surface area contributed by atoms with Gasteiger partial charge in [-0.1, -0.05) is 24.3 Å². The average Bonchev–Trinajstić information content (AvgIpc) is 2.55. The molecule has 2 aromatic carbocycles. The molecule has 0 fully saturated rings. The Bertz CT molecular complexity index is 669. The monoisotopic (exact) mass is 299 g/mol. The van der Waals surface area contributed by atoms with Crippen LogP contribution >= 0.6 is 0 Å². The van der Waals surface area contributed by atoms with Crippen LogP contribution in [-0.2, 0) is 11.3 Å². The molecule has 22 heavy (non-hydrogen) atoms. The first-order valence-corrected chi connectivity index (χ1v) is 6.69. The minimum atomic E-state index is -0.499. The van der Waals surface area contributed by atoms with Gasteiger partial charge in [-0.15, -0.1) is 0 Å². The second kappa shape index (κ2) is 7.12. The average molecular weight is 299 g/mol. The van der Waals surface area contributed by atoms with E-state index in [1.807, 2.05) is 0 Å². The number of hydrogen-bond donors (Lipinski definition) is 3. The van der Waals surface area contributed by atoms with E-state index < -0.39 is 6.09 Å². The minimum absolute atomic E-state index is 0.146. The summed E-state index contributed by atoms with van der Waals surface area (Å²) in [6, 6.07) is 13.8. The van der Waals surface area contributed by atoms with E-state index in [-0.39, 0.29) is 12.5 Å². The number of carbonyl (C=O) groups excluding carboxylic acids is 2. The number of nitrogen functional groups attached to an aromatic ring is 1. The summed E-state index contributed by atoms with van der Waals surface area (Å²) >= 11 is 0. The van der Waals surface area contributed by atoms with Crippen LogP contribution in [0.25, 0.3) is 0 Å². The zero-order valence-electron chi connectivity index (χ0n) is 12.1. The molecular formula is C16H17N3O3. The fourth-order valence-electron chi connectivity index (χ4n) is 1.78. The van der Waals surface area contributed by atoms with Crippen molar-refractivity contribution in [2.75, 3.05) is 18.1 Å². The van der Waals surface area contributed by atoms with Crippen molar-refractivity contribution in [2.24, 2.45) is 0 Å². The number of alkyl carbamates (subject to hydrolysis) is 1. The summed E-state index contributed by atoms with van der Waals surface area (Å²) in [5.74, 6) is -0.253. The van der Waals surface area contributed by atoms with Crippen LogP contribution in [0.5, 0.6) is 0 Å². The van der Waals surface area contributed by atoms with E-state index in [9.17, 15) is 9.59 Å². The maximum absolute atomic E-state index is 12.1. The van der Waals surface area contributed by atoms with E-state index >= 15 is 0 Å². The summed E-state index contributed by atoms with van der Waals surface area (Å²) in [4.78, 5) is 23.1. The first-order valence-electron chi connectivity index (χ1n) is 6.69. The molecule has 0 aliphatic carbocycles. The number of rotatable bonds is 4. The molecule has 4 N–H and O–H groups in total. The Morgan fingerprint density at radius 3 is 2.41 bits per heavy atom. The molecule has 0 saturated heterocycles. The van der Waals surface area contributed by atoms with E-state index in [2.05, 4.69) is 10.6 Å². The van der Waals surface area contributed by atoms with E-state index in [4.69, 9.17) is 10.5 Å². The summed E-state index contributed by atoms with van der Waals surface area (Å²) in [6.45, 7) is 0.146. The van der Waals surface area contributed by atoms with Gasteiger partial charge in [-0.3, -0.25) is 4.79 Å². The van der Waals surface area contributed by atoms with Crippen molar-refractivity contribution in [3.63, 3.8) is 0 Å². The molecule has 0 atom stereocenters. The molecule has 2 amide bonds. The van der Waals surface area contributed by atoms with E-state index in [1.165, 1.54) is 7.05 Å². The topological polar surface area (TPSA) is 93.4 Å². The molecule has 6 nitrogen and oxygen atoms in total. The largest absolute Gasteiger partial charge is 0.445 e. The predicted octanol–water partition coefficient (Wildman–Crippen LogP) is 2.38. The van der Waals surface area contributed by atoms with E-state index in [1.54, 1.807) is 48.5 Å². The summed E-state index contributed by atoms with van der Waals surface area (Å²) in [7, 11) is 1.49. The number of ether oxygens (including phenoxy) is 1. The van der Waals surface area contributed by atoms with Gasteiger partial charge in [0.15, 0.2) is 0 Å². The lowest BCUT2D eigenvalue weighted by Crippen LogP contribution is -2.18. The summed E-state index contributed by atoms with van der Waals surface area (Å²) in [6.07, 6.45) is -0.499. The Morgan fingerprint density at radius 2 is 1.77 bits per heavy atom. The third-order valence-electron chi connectivity index (χ3n) is 3.00. The zero-order valence-corrected chi connectivity index (χ0v) is 12.1. The van der Waals surface area contributed by atoms with Crippen molar-refractivity contribution in [1.82, 2.24) is 5.32 Å². The Balaban J connectivity index is 1.99. The molecule has 0 bridgehead atoms. The van der Waals surface area contributed by atoms with Crippen LogP contribution < -0.4 is 16.4 Å². The maximum atomic E-state index is 12.1. The van der Waals surface area contributed by atoms with Gasteiger partial charge in [0.25, 0.3) is 5.91 Å². The van der Waals surface area contributed by atoms with Crippen LogP contribution in [0.3, 0.4) is 0 Å². The molecule has 0 heterocycles. The highest BCUT2D eigenvalue weighted by molar-refractivity contribution is 6.05. The summed E-state index contributed by atoms with van der Waals surface area (Å²) in [5.41, 5.74) is 8.14.